The van der Waals surface area contributed by atoms with Gasteiger partial charge in [-0.3, -0.25) is 0 Å². The summed E-state index contributed by atoms with van der Waals surface area (Å²) in [6.07, 6.45) is 0. The lowest BCUT2D eigenvalue weighted by molar-refractivity contribution is 1.13. The molecule has 0 fully saturated rings. The highest BCUT2D eigenvalue weighted by atomic mass is 32.2. The Morgan fingerprint density at radius 2 is 1.07 bits per heavy atom. The number of rotatable bonds is 7. The molecular weight excluding hydrogens is 729 g/mol. The summed E-state index contributed by atoms with van der Waals surface area (Å²) in [5.41, 5.74) is 13.1. The van der Waals surface area contributed by atoms with Crippen molar-refractivity contribution in [3.05, 3.63) is 212 Å². The average molecular weight is 765 g/mol. The van der Waals surface area contributed by atoms with Crippen LogP contribution >= 0.6 is 23.1 Å². The van der Waals surface area contributed by atoms with Gasteiger partial charge in [0.25, 0.3) is 0 Å². The number of benzene rings is 9. The Hall–Kier alpha value is -6.59. The molecule has 2 heterocycles. The van der Waals surface area contributed by atoms with Crippen LogP contribution in [0.5, 0.6) is 0 Å². The smallest absolute Gasteiger partial charge is 0.103 e. The van der Waals surface area contributed by atoms with Crippen LogP contribution in [0.15, 0.2) is 211 Å². The first-order valence-electron chi connectivity index (χ1n) is 19.4. The van der Waals surface area contributed by atoms with Crippen LogP contribution in [0, 0.1) is 0 Å². The largest absolute Gasteiger partial charge is 0.368 e. The Labute approximate surface area is 340 Å². The zero-order valence-electron chi connectivity index (χ0n) is 31.0. The van der Waals surface area contributed by atoms with Gasteiger partial charge in [-0.25, -0.2) is 0 Å². The van der Waals surface area contributed by atoms with Crippen molar-refractivity contribution in [1.82, 2.24) is 0 Å². The van der Waals surface area contributed by atoms with Crippen molar-refractivity contribution in [3.8, 4) is 33.4 Å². The Morgan fingerprint density at radius 3 is 1.86 bits per heavy atom. The van der Waals surface area contributed by atoms with Gasteiger partial charge in [0.2, 0.25) is 0 Å². The molecule has 1 aliphatic heterocycles. The van der Waals surface area contributed by atoms with Crippen LogP contribution < -0.4 is 10.2 Å². The van der Waals surface area contributed by atoms with Crippen LogP contribution in [-0.4, -0.2) is 0 Å². The van der Waals surface area contributed by atoms with Crippen molar-refractivity contribution in [3.63, 3.8) is 0 Å². The van der Waals surface area contributed by atoms with Crippen molar-refractivity contribution in [2.24, 2.45) is 0 Å². The number of anilines is 4. The molecule has 1 N–H and O–H groups in total. The normalized spacial score (nSPS) is 13.5. The second kappa shape index (κ2) is 14.2. The highest BCUT2D eigenvalue weighted by Crippen LogP contribution is 2.58. The fourth-order valence-electron chi connectivity index (χ4n) is 8.42. The average Bonchev–Trinajstić information content (AvgIpc) is 3.89. The highest BCUT2D eigenvalue weighted by Gasteiger charge is 2.32. The van der Waals surface area contributed by atoms with Crippen molar-refractivity contribution in [2.75, 3.05) is 10.2 Å². The SMILES string of the molecule is c1ccc(-c2ccc(N(c3ccc(-c4ccccc4)c(-c4cccc5ccccc45)c3)c3c4c(cc5sc6ccccc6c35)NC(c3ccccc3)S4)cc2)cc1. The first kappa shape index (κ1) is 33.7. The molecule has 1 atom stereocenters. The summed E-state index contributed by atoms with van der Waals surface area (Å²) in [6.45, 7) is 0. The lowest BCUT2D eigenvalue weighted by Gasteiger charge is -2.29. The zero-order valence-corrected chi connectivity index (χ0v) is 32.6. The van der Waals surface area contributed by atoms with Gasteiger partial charge >= 0.3 is 0 Å². The van der Waals surface area contributed by atoms with Gasteiger partial charge in [0.05, 0.1) is 16.3 Å². The Bertz CT molecular complexity index is 3060. The molecule has 0 saturated carbocycles. The van der Waals surface area contributed by atoms with E-state index in [1.165, 1.54) is 86.2 Å². The summed E-state index contributed by atoms with van der Waals surface area (Å²) in [4.78, 5) is 3.78. The molecule has 0 aliphatic carbocycles. The molecule has 0 spiro atoms. The van der Waals surface area contributed by atoms with E-state index in [1.807, 2.05) is 23.1 Å². The van der Waals surface area contributed by atoms with E-state index in [0.717, 1.165) is 11.4 Å². The molecule has 0 radical (unpaired) electrons. The monoisotopic (exact) mass is 764 g/mol. The summed E-state index contributed by atoms with van der Waals surface area (Å²) in [6, 6.07) is 75.2. The molecule has 0 amide bonds. The minimum atomic E-state index is 0.0942. The molecule has 4 heteroatoms. The maximum absolute atomic E-state index is 3.95. The second-order valence-electron chi connectivity index (χ2n) is 14.5. The topological polar surface area (TPSA) is 15.3 Å². The molecule has 1 aromatic heterocycles. The molecule has 1 unspecified atom stereocenters. The number of nitrogens with one attached hydrogen (secondary N) is 1. The van der Waals surface area contributed by atoms with Crippen LogP contribution in [-0.2, 0) is 0 Å². The van der Waals surface area contributed by atoms with E-state index in [1.54, 1.807) is 0 Å². The third kappa shape index (κ3) is 5.97. The second-order valence-corrected chi connectivity index (χ2v) is 16.7. The van der Waals surface area contributed by atoms with Gasteiger partial charge in [0.1, 0.15) is 5.37 Å². The Balaban J connectivity index is 1.20. The van der Waals surface area contributed by atoms with Gasteiger partial charge in [-0.1, -0.05) is 182 Å². The quantitative estimate of drug-likeness (QED) is 0.174. The minimum absolute atomic E-state index is 0.0942. The van der Waals surface area contributed by atoms with E-state index in [9.17, 15) is 0 Å². The van der Waals surface area contributed by atoms with Crippen LogP contribution in [0.2, 0.25) is 0 Å². The van der Waals surface area contributed by atoms with Gasteiger partial charge in [0, 0.05) is 31.5 Å². The van der Waals surface area contributed by atoms with Crippen molar-refractivity contribution in [1.29, 1.82) is 0 Å². The molecule has 0 bridgehead atoms. The van der Waals surface area contributed by atoms with E-state index < -0.39 is 0 Å². The van der Waals surface area contributed by atoms with Crippen LogP contribution in [0.1, 0.15) is 10.9 Å². The molecule has 1 aliphatic rings. The number of thiophene rings is 1. The summed E-state index contributed by atoms with van der Waals surface area (Å²) in [5, 5.41) is 9.07. The minimum Gasteiger partial charge on any atom is -0.368 e. The number of nitrogens with zero attached hydrogens (tertiary/aromatic N) is 1. The summed E-state index contributed by atoms with van der Waals surface area (Å²) >= 11 is 3.79. The highest BCUT2D eigenvalue weighted by molar-refractivity contribution is 8.00. The molecule has 270 valence electrons. The van der Waals surface area contributed by atoms with E-state index in [-0.39, 0.29) is 5.37 Å². The summed E-state index contributed by atoms with van der Waals surface area (Å²) < 4.78 is 2.56. The lowest BCUT2D eigenvalue weighted by atomic mass is 9.90. The molecule has 2 nitrogen and oxygen atoms in total. The predicted octanol–water partition coefficient (Wildman–Crippen LogP) is 15.9. The van der Waals surface area contributed by atoms with Gasteiger partial charge < -0.3 is 10.2 Å². The first-order valence-corrected chi connectivity index (χ1v) is 21.1. The fourth-order valence-corrected chi connectivity index (χ4v) is 10.8. The van der Waals surface area contributed by atoms with Gasteiger partial charge in [-0.05, 0) is 86.1 Å². The van der Waals surface area contributed by atoms with Crippen LogP contribution in [0.25, 0.3) is 64.3 Å². The third-order valence-corrected chi connectivity index (χ3v) is 13.5. The Kier molecular flexibility index (Phi) is 8.38. The number of hydrogen-bond donors (Lipinski definition) is 1. The summed E-state index contributed by atoms with van der Waals surface area (Å²) in [7, 11) is 0. The van der Waals surface area contributed by atoms with Gasteiger partial charge in [0.15, 0.2) is 0 Å². The molecule has 57 heavy (non-hydrogen) atoms. The zero-order chi connectivity index (χ0) is 37.7. The maximum Gasteiger partial charge on any atom is 0.103 e. The number of fused-ring (bicyclic) bond motifs is 5. The lowest BCUT2D eigenvalue weighted by Crippen LogP contribution is -2.12. The third-order valence-electron chi connectivity index (χ3n) is 11.1. The van der Waals surface area contributed by atoms with E-state index >= 15 is 0 Å². The molecular formula is C53H36N2S2. The molecule has 0 saturated heterocycles. The van der Waals surface area contributed by atoms with E-state index in [0.29, 0.717) is 0 Å². The van der Waals surface area contributed by atoms with Gasteiger partial charge in [-0.2, -0.15) is 0 Å². The number of thioether (sulfide) groups is 1. The van der Waals surface area contributed by atoms with Crippen molar-refractivity contribution < 1.29 is 0 Å². The molecule has 9 aromatic carbocycles. The molecule has 11 rings (SSSR count). The van der Waals surface area contributed by atoms with Crippen LogP contribution in [0.3, 0.4) is 0 Å². The first-order chi connectivity index (χ1) is 28.3. The maximum atomic E-state index is 3.95. The predicted molar refractivity (Wildman–Crippen MR) is 246 cm³/mol. The number of hydrogen-bond acceptors (Lipinski definition) is 4. The van der Waals surface area contributed by atoms with Crippen molar-refractivity contribution in [2.45, 2.75) is 10.3 Å². The summed E-state index contributed by atoms with van der Waals surface area (Å²) in [5.74, 6) is 0. The standard InChI is InChI=1S/C53H36N2S2/c1-4-15-35(16-5-1)36-27-29-40(30-28-36)55(41-31-32-43(37-17-6-2-7-18-37)46(33-41)44-25-14-22-38-19-10-11-23-42(38)44)51-50-45-24-12-13-26-48(45)56-49(50)34-47-52(51)57-53(54-47)39-20-8-3-9-21-39/h1-34,53-54H. The van der Waals surface area contributed by atoms with Crippen LogP contribution in [0.4, 0.5) is 22.7 Å². The van der Waals surface area contributed by atoms with E-state index in [4.69, 9.17) is 0 Å². The Morgan fingerprint density at radius 1 is 0.439 bits per heavy atom. The van der Waals surface area contributed by atoms with E-state index in [2.05, 4.69) is 216 Å². The fraction of sp³-hybridized carbons (Fsp3) is 0.0189. The van der Waals surface area contributed by atoms with Gasteiger partial charge in [-0.15, -0.1) is 11.3 Å². The van der Waals surface area contributed by atoms with Crippen molar-refractivity contribution >= 4 is 76.8 Å². The molecule has 10 aromatic rings.